The van der Waals surface area contributed by atoms with E-state index in [-0.39, 0.29) is 5.91 Å². The van der Waals surface area contributed by atoms with Gasteiger partial charge in [-0.2, -0.15) is 0 Å². The minimum absolute atomic E-state index is 0.00304. The number of rotatable bonds is 5. The second-order valence-corrected chi connectivity index (χ2v) is 6.20. The fraction of sp³-hybridized carbons (Fsp3) is 0.0909. The van der Waals surface area contributed by atoms with Crippen molar-refractivity contribution in [3.8, 4) is 11.3 Å². The maximum Gasteiger partial charge on any atom is 0.280 e. The molecule has 0 atom stereocenters. The molecule has 26 heavy (non-hydrogen) atoms. The molecule has 0 aliphatic carbocycles. The van der Waals surface area contributed by atoms with Crippen LogP contribution in [-0.2, 0) is 11.2 Å². The normalized spacial score (nSPS) is 10.8. The van der Waals surface area contributed by atoms with Crippen molar-refractivity contribution in [3.63, 3.8) is 0 Å². The van der Waals surface area contributed by atoms with E-state index in [2.05, 4.69) is 10.3 Å². The molecule has 0 unspecified atom stereocenters. The molecule has 4 nitrogen and oxygen atoms in total. The highest BCUT2D eigenvalue weighted by Gasteiger charge is 2.22. The molecule has 0 spiro atoms. The summed E-state index contributed by atoms with van der Waals surface area (Å²) in [6, 6.07) is 26.0. The fourth-order valence-electron chi connectivity index (χ4n) is 3.08. The minimum Gasteiger partial charge on any atom is -0.267 e. The lowest BCUT2D eigenvalue weighted by molar-refractivity contribution is -0.493. The van der Waals surface area contributed by atoms with Crippen LogP contribution in [-0.4, -0.2) is 10.9 Å². The van der Waals surface area contributed by atoms with Gasteiger partial charge in [0.05, 0.1) is 6.20 Å². The van der Waals surface area contributed by atoms with Crippen molar-refractivity contribution in [3.05, 3.63) is 90.6 Å². The third kappa shape index (κ3) is 3.35. The van der Waals surface area contributed by atoms with E-state index in [0.29, 0.717) is 6.42 Å². The first-order valence-corrected chi connectivity index (χ1v) is 8.73. The summed E-state index contributed by atoms with van der Waals surface area (Å²) >= 11 is 0. The Balaban J connectivity index is 1.61. The number of amides is 1. The zero-order chi connectivity index (χ0) is 17.8. The summed E-state index contributed by atoms with van der Waals surface area (Å²) < 4.78 is 1.97. The zero-order valence-electron chi connectivity index (χ0n) is 14.4. The third-order valence-electron chi connectivity index (χ3n) is 4.39. The van der Waals surface area contributed by atoms with Gasteiger partial charge in [0.2, 0.25) is 5.65 Å². The lowest BCUT2D eigenvalue weighted by Gasteiger charge is -2.03. The molecular formula is C22H20N3O+. The van der Waals surface area contributed by atoms with Gasteiger partial charge < -0.3 is 0 Å². The average molecular weight is 342 g/mol. The minimum atomic E-state index is 0.00304. The van der Waals surface area contributed by atoms with Crippen LogP contribution < -0.4 is 9.72 Å². The highest BCUT2D eigenvalue weighted by atomic mass is 16.1. The summed E-state index contributed by atoms with van der Waals surface area (Å²) in [5.41, 5.74) is 4.04. The molecule has 0 fully saturated rings. The number of carbonyl (C=O) groups is 1. The number of benzene rings is 2. The number of imidazole rings is 1. The number of aromatic nitrogens is 2. The molecule has 2 N–H and O–H groups in total. The van der Waals surface area contributed by atoms with E-state index in [1.807, 2.05) is 89.5 Å². The van der Waals surface area contributed by atoms with E-state index in [4.69, 9.17) is 0 Å². The Bertz CT molecular complexity index is 1020. The van der Waals surface area contributed by atoms with Gasteiger partial charge in [0, 0.05) is 18.1 Å². The second-order valence-electron chi connectivity index (χ2n) is 6.20. The van der Waals surface area contributed by atoms with E-state index in [9.17, 15) is 4.79 Å². The molecule has 0 saturated heterocycles. The number of hydrogen-bond donors (Lipinski definition) is 2. The average Bonchev–Trinajstić information content (AvgIpc) is 3.06. The van der Waals surface area contributed by atoms with Gasteiger partial charge in [-0.3, -0.25) is 9.78 Å². The number of nitrogens with zero attached hydrogens (tertiary/aromatic N) is 1. The summed E-state index contributed by atoms with van der Waals surface area (Å²) in [5, 5.41) is 3.10. The molecule has 0 aliphatic heterocycles. The molecule has 2 aromatic heterocycles. The molecule has 0 aliphatic rings. The molecule has 4 heteroatoms. The molecule has 0 radical (unpaired) electrons. The second kappa shape index (κ2) is 7.23. The predicted octanol–water partition coefficient (Wildman–Crippen LogP) is 3.99. The highest BCUT2D eigenvalue weighted by molar-refractivity contribution is 5.93. The van der Waals surface area contributed by atoms with E-state index in [0.717, 1.165) is 34.7 Å². The Morgan fingerprint density at radius 3 is 2.35 bits per heavy atom. The monoisotopic (exact) mass is 342 g/mol. The molecule has 4 aromatic rings. The Kier molecular flexibility index (Phi) is 4.48. The van der Waals surface area contributed by atoms with Crippen molar-refractivity contribution in [1.29, 1.82) is 0 Å². The van der Waals surface area contributed by atoms with Gasteiger partial charge in [-0.15, -0.1) is 0 Å². The summed E-state index contributed by atoms with van der Waals surface area (Å²) in [5.74, 6) is 0.771. The van der Waals surface area contributed by atoms with E-state index in [1.165, 1.54) is 0 Å². The van der Waals surface area contributed by atoms with Crippen LogP contribution in [0.3, 0.4) is 0 Å². The maximum atomic E-state index is 12.6. The van der Waals surface area contributed by atoms with Crippen molar-refractivity contribution in [2.75, 3.05) is 5.32 Å². The fourth-order valence-corrected chi connectivity index (χ4v) is 3.08. The van der Waals surface area contributed by atoms with Crippen LogP contribution in [0.5, 0.6) is 0 Å². The molecule has 1 amide bonds. The standard InChI is InChI=1S/C22H19N3O/c26-20(15-14-17-9-3-1-4-10-17)24-22-21(18-11-5-2-6-12-18)23-19-13-7-8-16-25(19)22/h1-13,16H,14-15H2,(H,24,26)/p+1. The molecule has 2 heterocycles. The van der Waals surface area contributed by atoms with Gasteiger partial charge in [0.25, 0.3) is 11.7 Å². The summed E-state index contributed by atoms with van der Waals surface area (Å²) in [4.78, 5) is 16.0. The van der Waals surface area contributed by atoms with Crippen LogP contribution in [0.4, 0.5) is 5.82 Å². The first kappa shape index (κ1) is 16.1. The van der Waals surface area contributed by atoms with Crippen LogP contribution in [0, 0.1) is 0 Å². The predicted molar refractivity (Wildman–Crippen MR) is 103 cm³/mol. The number of hydrogen-bond acceptors (Lipinski definition) is 1. The zero-order valence-corrected chi connectivity index (χ0v) is 14.4. The van der Waals surface area contributed by atoms with Gasteiger partial charge in [-0.25, -0.2) is 9.72 Å². The van der Waals surface area contributed by atoms with Gasteiger partial charge in [0.15, 0.2) is 5.69 Å². The number of H-pyrrole nitrogens is 1. The number of carbonyl (C=O) groups excluding carboxylic acids is 1. The Labute approximate surface area is 152 Å². The van der Waals surface area contributed by atoms with Crippen LogP contribution in [0.15, 0.2) is 85.1 Å². The lowest BCUT2D eigenvalue weighted by atomic mass is 10.1. The van der Waals surface area contributed by atoms with Crippen molar-refractivity contribution in [2.24, 2.45) is 0 Å². The van der Waals surface area contributed by atoms with Crippen molar-refractivity contribution < 1.29 is 9.20 Å². The van der Waals surface area contributed by atoms with E-state index in [1.54, 1.807) is 0 Å². The molecule has 0 saturated carbocycles. The topological polar surface area (TPSA) is 49.0 Å². The van der Waals surface area contributed by atoms with Crippen molar-refractivity contribution in [2.45, 2.75) is 12.8 Å². The number of nitrogens with one attached hydrogen (secondary N) is 2. The van der Waals surface area contributed by atoms with Crippen LogP contribution in [0.2, 0.25) is 0 Å². The van der Waals surface area contributed by atoms with Crippen molar-refractivity contribution in [1.82, 2.24) is 4.98 Å². The number of anilines is 1. The van der Waals surface area contributed by atoms with Crippen molar-refractivity contribution >= 4 is 17.4 Å². The number of pyridine rings is 1. The quantitative estimate of drug-likeness (QED) is 0.529. The number of fused-ring (bicyclic) bond motifs is 1. The number of aryl methyl sites for hydroxylation is 1. The first-order valence-electron chi connectivity index (χ1n) is 8.73. The van der Waals surface area contributed by atoms with Crippen LogP contribution >= 0.6 is 0 Å². The van der Waals surface area contributed by atoms with E-state index < -0.39 is 0 Å². The maximum absolute atomic E-state index is 12.6. The first-order chi connectivity index (χ1) is 12.8. The SMILES string of the molecule is O=C(CCc1ccccc1)Nc1c(-c2ccccc2)[nH]c2cccc[n+]12. The van der Waals surface area contributed by atoms with Gasteiger partial charge in [-0.05, 0) is 18.1 Å². The summed E-state index contributed by atoms with van der Waals surface area (Å²) in [6.45, 7) is 0. The van der Waals surface area contributed by atoms with Gasteiger partial charge in [-0.1, -0.05) is 66.7 Å². The Morgan fingerprint density at radius 2 is 1.58 bits per heavy atom. The molecular weight excluding hydrogens is 322 g/mol. The third-order valence-corrected chi connectivity index (χ3v) is 4.39. The number of aromatic amines is 1. The summed E-state index contributed by atoms with van der Waals surface area (Å²) in [6.07, 6.45) is 3.11. The van der Waals surface area contributed by atoms with Gasteiger partial charge >= 0.3 is 0 Å². The largest absolute Gasteiger partial charge is 0.280 e. The Morgan fingerprint density at radius 1 is 0.885 bits per heavy atom. The molecule has 0 bridgehead atoms. The molecule has 128 valence electrons. The van der Waals surface area contributed by atoms with Gasteiger partial charge in [0.1, 0.15) is 0 Å². The van der Waals surface area contributed by atoms with E-state index >= 15 is 0 Å². The lowest BCUT2D eigenvalue weighted by Crippen LogP contribution is -2.26. The molecule has 2 aromatic carbocycles. The molecule has 4 rings (SSSR count). The van der Waals surface area contributed by atoms with Crippen LogP contribution in [0.25, 0.3) is 16.9 Å². The smallest absolute Gasteiger partial charge is 0.267 e. The Hall–Kier alpha value is -3.40. The highest BCUT2D eigenvalue weighted by Crippen LogP contribution is 2.24. The summed E-state index contributed by atoms with van der Waals surface area (Å²) in [7, 11) is 0. The van der Waals surface area contributed by atoms with Crippen LogP contribution in [0.1, 0.15) is 12.0 Å².